The van der Waals surface area contributed by atoms with Gasteiger partial charge >= 0.3 is 10.4 Å². The van der Waals surface area contributed by atoms with Gasteiger partial charge in [-0.05, 0) is 0 Å². The van der Waals surface area contributed by atoms with Gasteiger partial charge in [0.2, 0.25) is 0 Å². The summed E-state index contributed by atoms with van der Waals surface area (Å²) in [5, 5.41) is 19.4. The van der Waals surface area contributed by atoms with Crippen LogP contribution in [-0.4, -0.2) is 58.6 Å². The number of rotatable bonds is 4. The van der Waals surface area contributed by atoms with Crippen LogP contribution in [0.4, 0.5) is 0 Å². The van der Waals surface area contributed by atoms with E-state index in [1.807, 2.05) is 0 Å². The van der Waals surface area contributed by atoms with E-state index in [9.17, 15) is 18.6 Å². The number of hydrogen-bond acceptors (Lipinski definition) is 6. The van der Waals surface area contributed by atoms with Gasteiger partial charge in [0.25, 0.3) is 0 Å². The van der Waals surface area contributed by atoms with Crippen LogP contribution in [0.2, 0.25) is 0 Å². The maximum Gasteiger partial charge on any atom is 0.397 e. The molecule has 1 aliphatic heterocycles. The van der Waals surface area contributed by atoms with E-state index in [0.29, 0.717) is 4.43 Å². The van der Waals surface area contributed by atoms with Gasteiger partial charge < -0.3 is 14.9 Å². The van der Waals surface area contributed by atoms with Gasteiger partial charge in [-0.1, -0.05) is 29.5 Å². The molecule has 0 aliphatic carbocycles. The molecular formula is C8H15IO7S. The molecule has 1 rings (SSSR count). The molecule has 1 heterocycles. The summed E-state index contributed by atoms with van der Waals surface area (Å²) in [5.41, 5.74) is 0. The van der Waals surface area contributed by atoms with Crippen molar-refractivity contribution in [2.24, 2.45) is 5.92 Å². The minimum atomic E-state index is -4.58. The Balaban J connectivity index is 2.66. The molecule has 5 atom stereocenters. The molecule has 3 N–H and O–H groups in total. The van der Waals surface area contributed by atoms with Gasteiger partial charge in [-0.2, -0.15) is 8.42 Å². The van der Waals surface area contributed by atoms with Crippen LogP contribution in [0, 0.1) is 5.92 Å². The van der Waals surface area contributed by atoms with E-state index in [-0.39, 0.29) is 12.0 Å². The molecule has 0 radical (unpaired) electrons. The maximum absolute atomic E-state index is 10.4. The summed E-state index contributed by atoms with van der Waals surface area (Å²) in [6.45, 7) is 1.20. The molecule has 0 aromatic carbocycles. The Bertz CT molecular complexity index is 344. The quantitative estimate of drug-likeness (QED) is 0.337. The van der Waals surface area contributed by atoms with Crippen molar-refractivity contribution in [3.63, 3.8) is 0 Å². The first kappa shape index (κ1) is 15.5. The summed E-state index contributed by atoms with van der Waals surface area (Å²) in [5.74, 6) is -0.260. The summed E-state index contributed by atoms with van der Waals surface area (Å²) in [4.78, 5) is 0. The molecule has 0 bridgehead atoms. The van der Waals surface area contributed by atoms with Crippen molar-refractivity contribution in [1.82, 2.24) is 0 Å². The second-order valence-electron chi connectivity index (χ2n) is 3.92. The van der Waals surface area contributed by atoms with Crippen LogP contribution in [0.3, 0.4) is 0 Å². The van der Waals surface area contributed by atoms with Gasteiger partial charge in [0.1, 0.15) is 12.2 Å². The van der Waals surface area contributed by atoms with E-state index >= 15 is 0 Å². The molecule has 1 saturated heterocycles. The molecule has 0 amide bonds. The van der Waals surface area contributed by atoms with Crippen LogP contribution in [0.1, 0.15) is 6.92 Å². The first-order valence-corrected chi connectivity index (χ1v) is 7.84. The first-order chi connectivity index (χ1) is 7.76. The van der Waals surface area contributed by atoms with Gasteiger partial charge in [-0.3, -0.25) is 4.55 Å². The minimum absolute atomic E-state index is 0.260. The topological polar surface area (TPSA) is 113 Å². The molecule has 0 spiro atoms. The zero-order valence-electron chi connectivity index (χ0n) is 9.06. The number of hydrogen-bond donors (Lipinski definition) is 3. The highest BCUT2D eigenvalue weighted by molar-refractivity contribution is 14.1. The molecule has 0 saturated carbocycles. The number of aliphatic hydroxyl groups excluding tert-OH is 2. The summed E-state index contributed by atoms with van der Waals surface area (Å²) in [6, 6.07) is 0. The molecular weight excluding hydrogens is 367 g/mol. The van der Waals surface area contributed by atoms with E-state index in [2.05, 4.69) is 26.8 Å². The molecule has 9 heteroatoms. The standard InChI is InChI=1S/C8H15IO7S/c1-4-5(2-9)16-6(8(11)7(4)10)3-15-17(12,13)14/h4-8,10-11H,2-3H2,1H3,(H,12,13,14). The summed E-state index contributed by atoms with van der Waals surface area (Å²) < 4.78 is 39.4. The summed E-state index contributed by atoms with van der Waals surface area (Å²) in [6.07, 6.45) is -3.55. The SMILES string of the molecule is CC1C(CI)OC(COS(=O)(=O)O)C(O)C1O. The lowest BCUT2D eigenvalue weighted by molar-refractivity contribution is -0.196. The molecule has 1 fully saturated rings. The number of ether oxygens (including phenoxy) is 1. The van der Waals surface area contributed by atoms with Crippen LogP contribution >= 0.6 is 22.6 Å². The fourth-order valence-corrected chi connectivity index (χ4v) is 2.96. The molecule has 7 nitrogen and oxygen atoms in total. The highest BCUT2D eigenvalue weighted by Gasteiger charge is 2.42. The Hall–Kier alpha value is 0.480. The van der Waals surface area contributed by atoms with Crippen LogP contribution in [-0.2, 0) is 19.3 Å². The Morgan fingerprint density at radius 2 is 1.88 bits per heavy atom. The van der Waals surface area contributed by atoms with Gasteiger partial charge in [0, 0.05) is 10.3 Å². The number of aliphatic hydroxyl groups is 2. The number of alkyl halides is 1. The molecule has 0 aromatic heterocycles. The van der Waals surface area contributed by atoms with Crippen LogP contribution in [0.15, 0.2) is 0 Å². The van der Waals surface area contributed by atoms with Crippen LogP contribution < -0.4 is 0 Å². The highest BCUT2D eigenvalue weighted by Crippen LogP contribution is 2.27. The molecule has 102 valence electrons. The van der Waals surface area contributed by atoms with Crippen molar-refractivity contribution >= 4 is 33.0 Å². The van der Waals surface area contributed by atoms with Crippen LogP contribution in [0.25, 0.3) is 0 Å². The monoisotopic (exact) mass is 382 g/mol. The van der Waals surface area contributed by atoms with Gasteiger partial charge in [0.05, 0.1) is 18.8 Å². The van der Waals surface area contributed by atoms with Crippen molar-refractivity contribution in [2.75, 3.05) is 11.0 Å². The Morgan fingerprint density at radius 1 is 1.29 bits per heavy atom. The van der Waals surface area contributed by atoms with Crippen molar-refractivity contribution in [3.8, 4) is 0 Å². The molecule has 5 unspecified atom stereocenters. The maximum atomic E-state index is 10.4. The fourth-order valence-electron chi connectivity index (χ4n) is 1.65. The van der Waals surface area contributed by atoms with E-state index in [4.69, 9.17) is 9.29 Å². The van der Waals surface area contributed by atoms with E-state index in [1.165, 1.54) is 0 Å². The first-order valence-electron chi connectivity index (χ1n) is 4.95. The van der Waals surface area contributed by atoms with Gasteiger partial charge in [-0.15, -0.1) is 0 Å². The van der Waals surface area contributed by atoms with Crippen LogP contribution in [0.5, 0.6) is 0 Å². The normalized spacial score (nSPS) is 39.2. The predicted molar refractivity (Wildman–Crippen MR) is 66.2 cm³/mol. The average Bonchev–Trinajstić information content (AvgIpc) is 2.24. The fraction of sp³-hybridized carbons (Fsp3) is 1.00. The van der Waals surface area contributed by atoms with Crippen molar-refractivity contribution in [3.05, 3.63) is 0 Å². The molecule has 17 heavy (non-hydrogen) atoms. The zero-order valence-corrected chi connectivity index (χ0v) is 12.0. The van der Waals surface area contributed by atoms with Gasteiger partial charge in [-0.25, -0.2) is 4.18 Å². The van der Waals surface area contributed by atoms with E-state index in [1.54, 1.807) is 6.92 Å². The smallest absolute Gasteiger partial charge is 0.390 e. The Kier molecular flexibility index (Phi) is 5.56. The number of halogens is 1. The summed E-state index contributed by atoms with van der Waals surface area (Å²) in [7, 11) is -4.58. The predicted octanol–water partition coefficient (Wildman–Crippen LogP) is -0.634. The lowest BCUT2D eigenvalue weighted by Gasteiger charge is -2.40. The zero-order chi connectivity index (χ0) is 13.2. The summed E-state index contributed by atoms with van der Waals surface area (Å²) >= 11 is 2.07. The van der Waals surface area contributed by atoms with Crippen molar-refractivity contribution in [2.45, 2.75) is 31.3 Å². The lowest BCUT2D eigenvalue weighted by atomic mass is 9.89. The third-order valence-electron chi connectivity index (χ3n) is 2.74. The van der Waals surface area contributed by atoms with E-state index in [0.717, 1.165) is 0 Å². The van der Waals surface area contributed by atoms with Crippen molar-refractivity contribution < 1.29 is 32.1 Å². The third kappa shape index (κ3) is 4.26. The van der Waals surface area contributed by atoms with Crippen molar-refractivity contribution in [1.29, 1.82) is 0 Å². The largest absolute Gasteiger partial charge is 0.397 e. The molecule has 0 aromatic rings. The third-order valence-corrected chi connectivity index (χ3v) is 4.04. The second kappa shape index (κ2) is 6.08. The Labute approximate surface area is 113 Å². The average molecular weight is 382 g/mol. The Morgan fingerprint density at radius 3 is 2.35 bits per heavy atom. The molecule has 1 aliphatic rings. The van der Waals surface area contributed by atoms with Gasteiger partial charge in [0.15, 0.2) is 0 Å². The highest BCUT2D eigenvalue weighted by atomic mass is 127. The van der Waals surface area contributed by atoms with E-state index < -0.39 is 35.3 Å². The minimum Gasteiger partial charge on any atom is -0.390 e. The second-order valence-corrected chi connectivity index (χ2v) is 5.89. The lowest BCUT2D eigenvalue weighted by Crippen LogP contribution is -2.55.